The van der Waals surface area contributed by atoms with E-state index in [-0.39, 0.29) is 66.8 Å². The first kappa shape index (κ1) is 83.6. The van der Waals surface area contributed by atoms with Crippen LogP contribution in [0.15, 0.2) is 121 Å². The molecule has 1 aliphatic rings. The third kappa shape index (κ3) is 21.2. The molecule has 0 unspecified atom stereocenters. The summed E-state index contributed by atoms with van der Waals surface area (Å²) in [6.07, 6.45) is 4.50. The van der Waals surface area contributed by atoms with Crippen LogP contribution in [0.1, 0.15) is 90.4 Å². The molecule has 8 aromatic carbocycles. The van der Waals surface area contributed by atoms with E-state index < -0.39 is 92.7 Å². The van der Waals surface area contributed by atoms with E-state index >= 15 is 0 Å². The third-order valence-corrected chi connectivity index (χ3v) is 14.8. The first-order chi connectivity index (χ1) is 48.1. The zero-order chi connectivity index (χ0) is 77.2. The highest BCUT2D eigenvalue weighted by Gasteiger charge is 2.39. The lowest BCUT2D eigenvalue weighted by atomic mass is 9.74. The van der Waals surface area contributed by atoms with Crippen molar-refractivity contribution in [2.75, 3.05) is 113 Å². The second kappa shape index (κ2) is 39.1. The predicted octanol–water partition coefficient (Wildman–Crippen LogP) is 7.45. The Morgan fingerprint density at radius 2 is 0.333 bits per heavy atom. The Kier molecular flexibility index (Phi) is 32.0. The molecule has 28 heteroatoms. The van der Waals surface area contributed by atoms with E-state index in [9.17, 15) is 90.0 Å². The summed E-state index contributed by atoms with van der Waals surface area (Å²) in [5, 5.41) is 144. The smallest absolute Gasteiger partial charge is 0.209 e. The number of hydrogen-bond acceptors (Lipinski definition) is 22. The third-order valence-electron chi connectivity index (χ3n) is 14.8. The van der Waals surface area contributed by atoms with Gasteiger partial charge < -0.3 is 110 Å². The summed E-state index contributed by atoms with van der Waals surface area (Å²) in [5.74, 6) is -15.6. The minimum atomic E-state index is -1.44. The fourth-order valence-corrected chi connectivity index (χ4v) is 9.81. The van der Waals surface area contributed by atoms with E-state index in [4.69, 9.17) is 18.9 Å². The predicted molar refractivity (Wildman–Crippen MR) is 380 cm³/mol. The van der Waals surface area contributed by atoms with Crippen LogP contribution in [0.2, 0.25) is 0 Å². The summed E-state index contributed by atoms with van der Waals surface area (Å²) in [6, 6.07) is 30.3. The molecular weight excluding hydrogens is 1320 g/mol. The molecule has 8 bridgehead atoms. The first-order valence-electron chi connectivity index (χ1n) is 30.5. The molecule has 0 radical (unpaired) electrons. The van der Waals surface area contributed by atoms with Crippen molar-refractivity contribution in [1.82, 2.24) is 29.4 Å². The van der Waals surface area contributed by atoms with Crippen molar-refractivity contribution in [2.45, 2.75) is 23.7 Å². The number of carbonyl (C=O) groups is 6. The van der Waals surface area contributed by atoms with Gasteiger partial charge in [0.05, 0.1) is 28.4 Å². The molecule has 8 aromatic rings. The Hall–Kier alpha value is -12.6. The van der Waals surface area contributed by atoms with Crippen molar-refractivity contribution < 1.29 is 109 Å². The molecule has 102 heavy (non-hydrogen) atoms. The Morgan fingerprint density at radius 3 is 0.422 bits per heavy atom. The Labute approximate surface area is 591 Å². The molecule has 1 aliphatic carbocycles. The van der Waals surface area contributed by atoms with E-state index in [2.05, 4.69) is 0 Å². The van der Waals surface area contributed by atoms with Gasteiger partial charge in [-0.3, -0.25) is 28.8 Å². The minimum Gasteiger partial charge on any atom is -0.504 e. The van der Waals surface area contributed by atoms with Crippen molar-refractivity contribution in [3.63, 3.8) is 0 Å². The fraction of sp³-hybridized carbons (Fsp3) is 0.270. The van der Waals surface area contributed by atoms with Crippen LogP contribution in [0.25, 0.3) is 0 Å². The molecule has 0 heterocycles. The maximum Gasteiger partial charge on any atom is 0.209 e. The lowest BCUT2D eigenvalue weighted by molar-refractivity contribution is -0.116. The number of fused-ring (bicyclic) bond motifs is 8. The van der Waals surface area contributed by atoms with E-state index in [0.29, 0.717) is 23.0 Å². The number of ether oxygens (including phenoxy) is 4. The van der Waals surface area contributed by atoms with Crippen LogP contribution in [-0.2, 0) is 28.8 Å². The molecule has 0 aliphatic heterocycles. The number of benzene rings is 8. The highest BCUT2D eigenvalue weighted by molar-refractivity contribution is 5.74. The summed E-state index contributed by atoms with van der Waals surface area (Å²) >= 11 is 0. The molecule has 12 N–H and O–H groups in total. The second-order valence-corrected chi connectivity index (χ2v) is 23.6. The number of aromatic hydroxyl groups is 12. The van der Waals surface area contributed by atoms with Gasteiger partial charge in [-0.15, -0.1) is 0 Å². The van der Waals surface area contributed by atoms with Crippen LogP contribution in [-0.4, -0.2) is 242 Å². The molecule has 0 aromatic heterocycles. The van der Waals surface area contributed by atoms with E-state index in [0.717, 1.165) is 38.5 Å². The molecule has 6 amide bonds. The summed E-state index contributed by atoms with van der Waals surface area (Å²) in [7, 11) is 26.0. The van der Waals surface area contributed by atoms with Crippen LogP contribution in [0.5, 0.6) is 92.0 Å². The van der Waals surface area contributed by atoms with Crippen LogP contribution in [0.3, 0.4) is 0 Å². The Morgan fingerprint density at radius 1 is 0.225 bits per heavy atom. The van der Waals surface area contributed by atoms with Gasteiger partial charge in [0, 0.05) is 153 Å². The van der Waals surface area contributed by atoms with Gasteiger partial charge in [-0.25, -0.2) is 0 Å². The number of phenols is 12. The van der Waals surface area contributed by atoms with Crippen molar-refractivity contribution >= 4 is 38.5 Å². The number of phenolic OH excluding ortho intramolecular Hbond substituents is 12. The second-order valence-electron chi connectivity index (χ2n) is 23.6. The zero-order valence-corrected chi connectivity index (χ0v) is 59.5. The number of carbonyl (C=O) groups excluding carboxylic acids is 6. The van der Waals surface area contributed by atoms with Gasteiger partial charge in [-0.05, 0) is 95.1 Å². The minimum absolute atomic E-state index is 0.213. The maximum absolute atomic E-state index is 12.1. The van der Waals surface area contributed by atoms with Gasteiger partial charge in [0.2, 0.25) is 61.5 Å². The monoisotopic (exact) mass is 1410 g/mol. The van der Waals surface area contributed by atoms with Crippen molar-refractivity contribution in [1.29, 1.82) is 0 Å². The Bertz CT molecular complexity index is 3420. The van der Waals surface area contributed by atoms with Gasteiger partial charge in [0.1, 0.15) is 23.0 Å². The lowest BCUT2D eigenvalue weighted by Crippen LogP contribution is -2.13. The molecule has 548 valence electrons. The zero-order valence-electron chi connectivity index (χ0n) is 59.5. The molecule has 0 saturated heterocycles. The van der Waals surface area contributed by atoms with Crippen LogP contribution < -0.4 is 18.9 Å². The van der Waals surface area contributed by atoms with Gasteiger partial charge in [0.15, 0.2) is 46.0 Å². The highest BCUT2D eigenvalue weighted by atomic mass is 16.5. The van der Waals surface area contributed by atoms with Gasteiger partial charge in [-0.1, -0.05) is 48.5 Å². The molecule has 9 rings (SSSR count). The maximum atomic E-state index is 12.1. The van der Waals surface area contributed by atoms with E-state index in [1.54, 1.807) is 182 Å². The number of amides is 6. The number of rotatable bonds is 14. The number of hydrogen-bond donors (Lipinski definition) is 12. The van der Waals surface area contributed by atoms with Gasteiger partial charge >= 0.3 is 0 Å². The molecule has 28 nitrogen and oxygen atoms in total. The van der Waals surface area contributed by atoms with Crippen molar-refractivity contribution in [3.8, 4) is 92.0 Å². The molecule has 0 atom stereocenters. The van der Waals surface area contributed by atoms with Gasteiger partial charge in [-0.2, -0.15) is 0 Å². The Balaban J connectivity index is 0.000000758. The molecule has 0 saturated carbocycles. The SMILES string of the molecule is CN(C)C=O.CN(C)C=O.CN(C)C=O.CN(C)C=O.CN(C)C=O.CN(C)C=O.COc1ccc(C2c3cc(c(O)c(O)c3O)C(c3ccc(OC)cc3)c3cc(c(O)c(O)c3O)C(c3ccc(OC)cc3)c3cc(c(O)c(O)c3O)C(c3ccc(OC)cc3)c3cc2c(O)c(O)c3O)cc1. The number of nitrogens with zero attached hydrogens (tertiary/aromatic N) is 6. The molecule has 0 fully saturated rings. The molecule has 0 spiro atoms. The van der Waals surface area contributed by atoms with E-state index in [1.807, 2.05) is 0 Å². The largest absolute Gasteiger partial charge is 0.504 e. The summed E-state index contributed by atoms with van der Waals surface area (Å²) in [4.78, 5) is 65.2. The average Bonchev–Trinajstić information content (AvgIpc) is 0.734. The topological polar surface area (TPSA) is 402 Å². The summed E-state index contributed by atoms with van der Waals surface area (Å²) in [5.41, 5.74) is -0.600. The summed E-state index contributed by atoms with van der Waals surface area (Å²) < 4.78 is 21.7. The van der Waals surface area contributed by atoms with Crippen molar-refractivity contribution in [2.24, 2.45) is 0 Å². The fourth-order valence-electron chi connectivity index (χ4n) is 9.81. The van der Waals surface area contributed by atoms with Crippen molar-refractivity contribution in [3.05, 3.63) is 188 Å². The lowest BCUT2D eigenvalue weighted by Gasteiger charge is -2.30. The van der Waals surface area contributed by atoms with Crippen LogP contribution in [0.4, 0.5) is 0 Å². The number of methoxy groups -OCH3 is 4. The normalized spacial score (nSPS) is 13.4. The standard InChI is InChI=1S/C56H48O16.6C3H7NO/c1-69-29-13-5-25(6-14-29)41-33-21-35(47(59)53(65)45(33)57)42(26-7-15-30(70-2)16-8-26)37-23-39(51(63)55(67)49(37)61)44(28-11-19-32(72-4)20-12-28)40-24-38(50(62)56(68)52(40)64)43(27-9-17-31(71-3)18-10-27)36-22-34(41)46(58)54(66)48(36)60;6*1-4(2)3-5/h5-24,41-44,57-68H,1-4H3;6*3H,1-2H3. The van der Waals surface area contributed by atoms with E-state index in [1.165, 1.54) is 82.1 Å². The highest BCUT2D eigenvalue weighted by Crippen LogP contribution is 2.60. The summed E-state index contributed by atoms with van der Waals surface area (Å²) in [6.45, 7) is 0. The van der Waals surface area contributed by atoms with Crippen LogP contribution in [0, 0.1) is 0 Å². The van der Waals surface area contributed by atoms with Gasteiger partial charge in [0.25, 0.3) is 0 Å². The molecular formula is C74H90N6O22. The first-order valence-corrected chi connectivity index (χ1v) is 30.5. The van der Waals surface area contributed by atoms with Crippen LogP contribution >= 0.6 is 0 Å². The quantitative estimate of drug-likeness (QED) is 0.0371. The average molecular weight is 1420 g/mol.